The molecule has 0 atom stereocenters. The van der Waals surface area contributed by atoms with Gasteiger partial charge in [-0.15, -0.1) is 0 Å². The third-order valence-electron chi connectivity index (χ3n) is 3.36. The number of hydrazine groups is 1. The van der Waals surface area contributed by atoms with Gasteiger partial charge < -0.3 is 10.2 Å². The average molecular weight is 247 g/mol. The number of hydrogen-bond donors (Lipinski definition) is 2. The summed E-state index contributed by atoms with van der Waals surface area (Å²) in [4.78, 5) is 4.43. The SMILES string of the molecule is Cc1ccc(F)c2nc3c(c(NN)c12)COCC3. The van der Waals surface area contributed by atoms with Crippen LogP contribution in [0.5, 0.6) is 0 Å². The van der Waals surface area contributed by atoms with Gasteiger partial charge in [0.2, 0.25) is 0 Å². The van der Waals surface area contributed by atoms with Gasteiger partial charge in [-0.1, -0.05) is 6.07 Å². The van der Waals surface area contributed by atoms with E-state index in [-0.39, 0.29) is 5.82 Å². The predicted octanol–water partition coefficient (Wildman–Crippen LogP) is 2.04. The lowest BCUT2D eigenvalue weighted by molar-refractivity contribution is 0.110. The number of nitrogens with zero attached hydrogens (tertiary/aromatic N) is 1. The molecule has 1 aromatic carbocycles. The van der Waals surface area contributed by atoms with Crippen molar-refractivity contribution in [3.05, 3.63) is 34.8 Å². The standard InChI is InChI=1S/C13H14FN3O/c1-7-2-3-9(14)13-11(7)12(17-15)8-6-18-5-4-10(8)16-13/h2-3H,4-6,15H2,1H3,(H,16,17). The summed E-state index contributed by atoms with van der Waals surface area (Å²) in [5.41, 5.74) is 6.53. The van der Waals surface area contributed by atoms with Crippen molar-refractivity contribution in [2.75, 3.05) is 12.0 Å². The van der Waals surface area contributed by atoms with E-state index in [0.717, 1.165) is 27.9 Å². The number of nitrogens with one attached hydrogen (secondary N) is 1. The van der Waals surface area contributed by atoms with Gasteiger partial charge in [0.1, 0.15) is 11.3 Å². The van der Waals surface area contributed by atoms with Gasteiger partial charge in [0.25, 0.3) is 0 Å². The van der Waals surface area contributed by atoms with Crippen molar-refractivity contribution in [3.8, 4) is 0 Å². The van der Waals surface area contributed by atoms with E-state index >= 15 is 0 Å². The number of nitrogens with two attached hydrogens (primary N) is 1. The molecule has 0 fully saturated rings. The maximum absolute atomic E-state index is 13.9. The fourth-order valence-electron chi connectivity index (χ4n) is 2.45. The Balaban J connectivity index is 2.44. The summed E-state index contributed by atoms with van der Waals surface area (Å²) in [5.74, 6) is 5.29. The molecule has 1 aliphatic heterocycles. The van der Waals surface area contributed by atoms with Gasteiger partial charge in [0, 0.05) is 17.4 Å². The monoisotopic (exact) mass is 247 g/mol. The molecule has 5 heteroatoms. The molecular weight excluding hydrogens is 233 g/mol. The summed E-state index contributed by atoms with van der Waals surface area (Å²) in [6.45, 7) is 3.00. The Morgan fingerprint density at radius 2 is 2.28 bits per heavy atom. The van der Waals surface area contributed by atoms with Crippen LogP contribution in [0.15, 0.2) is 12.1 Å². The van der Waals surface area contributed by atoms with Crippen molar-refractivity contribution in [1.82, 2.24) is 4.98 Å². The summed E-state index contributed by atoms with van der Waals surface area (Å²) < 4.78 is 19.3. The van der Waals surface area contributed by atoms with E-state index in [1.807, 2.05) is 6.92 Å². The smallest absolute Gasteiger partial charge is 0.149 e. The zero-order valence-electron chi connectivity index (χ0n) is 10.1. The van der Waals surface area contributed by atoms with E-state index in [4.69, 9.17) is 10.6 Å². The number of nitrogen functional groups attached to an aromatic ring is 1. The van der Waals surface area contributed by atoms with Crippen molar-refractivity contribution in [2.24, 2.45) is 5.84 Å². The summed E-state index contributed by atoms with van der Waals surface area (Å²) in [6.07, 6.45) is 0.688. The van der Waals surface area contributed by atoms with Crippen LogP contribution in [-0.4, -0.2) is 11.6 Å². The number of hydrogen-bond acceptors (Lipinski definition) is 4. The first kappa shape index (κ1) is 11.4. The quantitative estimate of drug-likeness (QED) is 0.598. The molecule has 0 radical (unpaired) electrons. The fourth-order valence-corrected chi connectivity index (χ4v) is 2.45. The number of ether oxygens (including phenoxy) is 1. The van der Waals surface area contributed by atoms with E-state index in [2.05, 4.69) is 10.4 Å². The number of anilines is 1. The topological polar surface area (TPSA) is 60.2 Å². The van der Waals surface area contributed by atoms with E-state index in [9.17, 15) is 4.39 Å². The van der Waals surface area contributed by atoms with Crippen LogP contribution in [0.2, 0.25) is 0 Å². The molecule has 2 aromatic rings. The minimum Gasteiger partial charge on any atom is -0.376 e. The molecule has 1 aliphatic rings. The highest BCUT2D eigenvalue weighted by Crippen LogP contribution is 2.33. The highest BCUT2D eigenvalue weighted by atomic mass is 19.1. The molecule has 0 amide bonds. The number of fused-ring (bicyclic) bond motifs is 2. The van der Waals surface area contributed by atoms with Gasteiger partial charge >= 0.3 is 0 Å². The third kappa shape index (κ3) is 1.55. The van der Waals surface area contributed by atoms with Gasteiger partial charge in [-0.3, -0.25) is 5.84 Å². The maximum Gasteiger partial charge on any atom is 0.149 e. The number of rotatable bonds is 1. The zero-order valence-corrected chi connectivity index (χ0v) is 10.1. The lowest BCUT2D eigenvalue weighted by Crippen LogP contribution is -2.18. The normalized spacial score (nSPS) is 14.6. The molecule has 0 saturated carbocycles. The van der Waals surface area contributed by atoms with Gasteiger partial charge in [-0.05, 0) is 18.6 Å². The van der Waals surface area contributed by atoms with Crippen LogP contribution in [0.3, 0.4) is 0 Å². The van der Waals surface area contributed by atoms with Crippen molar-refractivity contribution in [3.63, 3.8) is 0 Å². The highest BCUT2D eigenvalue weighted by Gasteiger charge is 2.20. The highest BCUT2D eigenvalue weighted by molar-refractivity contribution is 5.96. The van der Waals surface area contributed by atoms with Gasteiger partial charge in [-0.25, -0.2) is 9.37 Å². The molecule has 4 nitrogen and oxygen atoms in total. The second-order valence-corrected chi connectivity index (χ2v) is 4.45. The predicted molar refractivity (Wildman–Crippen MR) is 67.6 cm³/mol. The van der Waals surface area contributed by atoms with Crippen molar-refractivity contribution in [2.45, 2.75) is 20.0 Å². The molecule has 1 aromatic heterocycles. The Labute approximate surface area is 104 Å². The van der Waals surface area contributed by atoms with Crippen LogP contribution in [0.1, 0.15) is 16.8 Å². The molecule has 0 bridgehead atoms. The number of pyridine rings is 1. The molecule has 0 aliphatic carbocycles. The Morgan fingerprint density at radius 1 is 1.44 bits per heavy atom. The van der Waals surface area contributed by atoms with Crippen molar-refractivity contribution < 1.29 is 9.13 Å². The molecule has 18 heavy (non-hydrogen) atoms. The molecule has 2 heterocycles. The summed E-state index contributed by atoms with van der Waals surface area (Å²) in [6, 6.07) is 3.17. The van der Waals surface area contributed by atoms with Crippen LogP contribution in [0.4, 0.5) is 10.1 Å². The summed E-state index contributed by atoms with van der Waals surface area (Å²) in [7, 11) is 0. The fraction of sp³-hybridized carbons (Fsp3) is 0.308. The van der Waals surface area contributed by atoms with Crippen LogP contribution in [0, 0.1) is 12.7 Å². The number of halogens is 1. The first-order chi connectivity index (χ1) is 8.72. The zero-order chi connectivity index (χ0) is 12.7. The van der Waals surface area contributed by atoms with Gasteiger partial charge in [0.15, 0.2) is 0 Å². The minimum atomic E-state index is -0.318. The molecule has 0 unspecified atom stereocenters. The number of aromatic nitrogens is 1. The molecule has 3 N–H and O–H groups in total. The van der Waals surface area contributed by atoms with Crippen LogP contribution in [-0.2, 0) is 17.8 Å². The van der Waals surface area contributed by atoms with E-state index < -0.39 is 0 Å². The summed E-state index contributed by atoms with van der Waals surface area (Å²) in [5, 5.41) is 0.738. The van der Waals surface area contributed by atoms with E-state index in [1.54, 1.807) is 6.07 Å². The Hall–Kier alpha value is -1.72. The molecule has 3 rings (SSSR count). The van der Waals surface area contributed by atoms with E-state index in [1.165, 1.54) is 6.07 Å². The van der Waals surface area contributed by atoms with Crippen LogP contribution >= 0.6 is 0 Å². The second kappa shape index (κ2) is 4.19. The largest absolute Gasteiger partial charge is 0.376 e. The molecule has 94 valence electrons. The lowest BCUT2D eigenvalue weighted by Gasteiger charge is -2.21. The van der Waals surface area contributed by atoms with Crippen LogP contribution < -0.4 is 11.3 Å². The first-order valence-corrected chi connectivity index (χ1v) is 5.87. The second-order valence-electron chi connectivity index (χ2n) is 4.45. The summed E-state index contributed by atoms with van der Waals surface area (Å²) >= 11 is 0. The molecule has 0 spiro atoms. The Bertz CT molecular complexity index is 627. The van der Waals surface area contributed by atoms with Crippen molar-refractivity contribution >= 4 is 16.6 Å². The maximum atomic E-state index is 13.9. The van der Waals surface area contributed by atoms with Gasteiger partial charge in [-0.2, -0.15) is 0 Å². The lowest BCUT2D eigenvalue weighted by atomic mass is 10.00. The molecular formula is C13H14FN3O. The van der Waals surface area contributed by atoms with Crippen LogP contribution in [0.25, 0.3) is 10.9 Å². The number of aryl methyl sites for hydroxylation is 1. The van der Waals surface area contributed by atoms with Gasteiger partial charge in [0.05, 0.1) is 24.6 Å². The molecule has 0 saturated heterocycles. The van der Waals surface area contributed by atoms with E-state index in [0.29, 0.717) is 25.2 Å². The Kier molecular flexibility index (Phi) is 2.65. The average Bonchev–Trinajstić information content (AvgIpc) is 2.41. The number of benzene rings is 1. The Morgan fingerprint density at radius 3 is 3.06 bits per heavy atom. The minimum absolute atomic E-state index is 0.318. The third-order valence-corrected chi connectivity index (χ3v) is 3.36. The first-order valence-electron chi connectivity index (χ1n) is 5.87. The van der Waals surface area contributed by atoms with Crippen molar-refractivity contribution in [1.29, 1.82) is 0 Å².